The van der Waals surface area contributed by atoms with Gasteiger partial charge in [-0.2, -0.15) is 4.99 Å². The molecule has 1 amide bonds. The predicted octanol–water partition coefficient (Wildman–Crippen LogP) is 3.32. The summed E-state index contributed by atoms with van der Waals surface area (Å²) >= 11 is 7.21. The Hall–Kier alpha value is -1.90. The Morgan fingerprint density at radius 3 is 2.45 bits per heavy atom. The van der Waals surface area contributed by atoms with E-state index >= 15 is 0 Å². The summed E-state index contributed by atoms with van der Waals surface area (Å²) in [5, 5.41) is 0.971. The van der Waals surface area contributed by atoms with Crippen LogP contribution >= 0.6 is 23.4 Å². The molecule has 4 rings (SSSR count). The minimum atomic E-state index is -3.12. The third kappa shape index (κ3) is 4.82. The van der Waals surface area contributed by atoms with Gasteiger partial charge in [-0.25, -0.2) is 12.8 Å². The van der Waals surface area contributed by atoms with E-state index in [4.69, 9.17) is 11.6 Å². The summed E-state index contributed by atoms with van der Waals surface area (Å²) in [7, 11) is -3.12. The molecule has 2 aliphatic heterocycles. The van der Waals surface area contributed by atoms with Crippen LogP contribution in [-0.2, 0) is 27.6 Å². The first-order chi connectivity index (χ1) is 13.8. The van der Waals surface area contributed by atoms with Crippen molar-refractivity contribution in [3.05, 3.63) is 70.5 Å². The van der Waals surface area contributed by atoms with E-state index in [1.54, 1.807) is 36.4 Å². The highest BCUT2D eigenvalue weighted by atomic mass is 35.5. The number of hydrogen-bond donors (Lipinski definition) is 0. The van der Waals surface area contributed by atoms with Crippen LogP contribution in [0.25, 0.3) is 0 Å². The van der Waals surface area contributed by atoms with Gasteiger partial charge in [0.15, 0.2) is 15.0 Å². The first-order valence-corrected chi connectivity index (χ1v) is 12.1. The van der Waals surface area contributed by atoms with Gasteiger partial charge in [-0.3, -0.25) is 4.79 Å². The van der Waals surface area contributed by atoms with Crippen molar-refractivity contribution < 1.29 is 17.6 Å². The van der Waals surface area contributed by atoms with E-state index in [0.717, 1.165) is 11.1 Å². The average Bonchev–Trinajstić information content (AvgIpc) is 3.11. The smallest absolute Gasteiger partial charge is 0.252 e. The largest absolute Gasteiger partial charge is 0.342 e. The zero-order chi connectivity index (χ0) is 20.6. The Morgan fingerprint density at radius 2 is 1.76 bits per heavy atom. The number of thioether (sulfide) groups is 1. The van der Waals surface area contributed by atoms with E-state index < -0.39 is 9.84 Å². The second-order valence-corrected chi connectivity index (χ2v) is 10.9. The molecule has 2 heterocycles. The molecular formula is C20H18ClFN2O3S2. The Balaban J connectivity index is 1.56. The fraction of sp³-hybridized carbons (Fsp3) is 0.300. The third-order valence-electron chi connectivity index (χ3n) is 4.93. The lowest BCUT2D eigenvalue weighted by atomic mass is 10.1. The lowest BCUT2D eigenvalue weighted by Gasteiger charge is -2.24. The van der Waals surface area contributed by atoms with E-state index in [2.05, 4.69) is 4.99 Å². The molecule has 152 valence electrons. The van der Waals surface area contributed by atoms with Crippen LogP contribution in [0.4, 0.5) is 4.39 Å². The standard InChI is InChI=1S/C20H18ClFN2O3S2/c21-15-5-1-13(2-6-15)9-19(25)23-20-24(10-14-3-7-16(22)8-4-14)17-11-29(26,27)12-18(17)28-20/h1-8,17-18H,9-12H2/t17-,18+/m0/s1. The second-order valence-electron chi connectivity index (χ2n) is 7.15. The van der Waals surface area contributed by atoms with Crippen LogP contribution in [0.5, 0.6) is 0 Å². The van der Waals surface area contributed by atoms with Gasteiger partial charge in [-0.15, -0.1) is 0 Å². The number of amidine groups is 1. The van der Waals surface area contributed by atoms with Gasteiger partial charge in [0.05, 0.1) is 24.0 Å². The monoisotopic (exact) mass is 452 g/mol. The maximum Gasteiger partial charge on any atom is 0.252 e. The van der Waals surface area contributed by atoms with Gasteiger partial charge in [0.1, 0.15) is 5.82 Å². The normalized spacial score (nSPS) is 24.1. The number of fused-ring (bicyclic) bond motifs is 1. The van der Waals surface area contributed by atoms with Crippen molar-refractivity contribution >= 4 is 44.3 Å². The number of carbonyl (C=O) groups is 1. The van der Waals surface area contributed by atoms with Crippen LogP contribution in [-0.4, -0.2) is 47.2 Å². The fourth-order valence-electron chi connectivity index (χ4n) is 3.53. The summed E-state index contributed by atoms with van der Waals surface area (Å²) in [4.78, 5) is 18.7. The molecule has 29 heavy (non-hydrogen) atoms. The van der Waals surface area contributed by atoms with Crippen molar-refractivity contribution in [1.82, 2.24) is 4.90 Å². The number of hydrogen-bond acceptors (Lipinski definition) is 4. The topological polar surface area (TPSA) is 66.8 Å². The van der Waals surface area contributed by atoms with Gasteiger partial charge in [0.25, 0.3) is 5.91 Å². The molecule has 9 heteroatoms. The number of halogens is 2. The molecule has 2 aromatic carbocycles. The number of amides is 1. The van der Waals surface area contributed by atoms with Gasteiger partial charge in [0.2, 0.25) is 0 Å². The number of sulfone groups is 1. The number of benzene rings is 2. The zero-order valence-electron chi connectivity index (χ0n) is 15.3. The van der Waals surface area contributed by atoms with Crippen LogP contribution in [0.2, 0.25) is 5.02 Å². The van der Waals surface area contributed by atoms with Crippen molar-refractivity contribution in [1.29, 1.82) is 0 Å². The summed E-state index contributed by atoms with van der Waals surface area (Å²) in [6, 6.07) is 12.8. The molecule has 0 aromatic heterocycles. The predicted molar refractivity (Wildman–Crippen MR) is 113 cm³/mol. The number of rotatable bonds is 4. The summed E-state index contributed by atoms with van der Waals surface area (Å²) in [5.74, 6) is -0.525. The SMILES string of the molecule is O=C(Cc1ccc(Cl)cc1)N=C1S[C@@H]2CS(=O)(=O)C[C@@H]2N1Cc1ccc(F)cc1. The first kappa shape index (κ1) is 20.4. The van der Waals surface area contributed by atoms with Gasteiger partial charge in [-0.1, -0.05) is 47.6 Å². The lowest BCUT2D eigenvalue weighted by molar-refractivity contribution is -0.117. The van der Waals surface area contributed by atoms with Gasteiger partial charge < -0.3 is 4.90 Å². The number of nitrogens with zero attached hydrogens (tertiary/aromatic N) is 2. The summed E-state index contributed by atoms with van der Waals surface area (Å²) in [6.45, 7) is 0.372. The molecule has 2 atom stereocenters. The van der Waals surface area contributed by atoms with Gasteiger partial charge >= 0.3 is 0 Å². The fourth-order valence-corrected chi connectivity index (χ4v) is 7.62. The van der Waals surface area contributed by atoms with Crippen LogP contribution in [0.15, 0.2) is 53.5 Å². The highest BCUT2D eigenvalue weighted by Gasteiger charge is 2.48. The van der Waals surface area contributed by atoms with E-state index in [9.17, 15) is 17.6 Å². The average molecular weight is 453 g/mol. The molecule has 0 saturated carbocycles. The Bertz CT molecular complexity index is 1060. The van der Waals surface area contributed by atoms with Crippen molar-refractivity contribution in [3.63, 3.8) is 0 Å². The van der Waals surface area contributed by atoms with Crippen LogP contribution in [0.1, 0.15) is 11.1 Å². The van der Waals surface area contributed by atoms with Crippen LogP contribution in [0, 0.1) is 5.82 Å². The van der Waals surface area contributed by atoms with Crippen LogP contribution < -0.4 is 0 Å². The van der Waals surface area contributed by atoms with Gasteiger partial charge in [-0.05, 0) is 35.4 Å². The number of aliphatic imine (C=N–C) groups is 1. The van der Waals surface area contributed by atoms with E-state index in [1.165, 1.54) is 23.9 Å². The zero-order valence-corrected chi connectivity index (χ0v) is 17.7. The highest BCUT2D eigenvalue weighted by molar-refractivity contribution is 8.15. The van der Waals surface area contributed by atoms with Crippen molar-refractivity contribution in [3.8, 4) is 0 Å². The minimum absolute atomic E-state index is 0.0380. The molecule has 0 spiro atoms. The molecule has 0 bridgehead atoms. The van der Waals surface area contributed by atoms with E-state index in [-0.39, 0.29) is 40.9 Å². The third-order valence-corrected chi connectivity index (χ3v) is 8.43. The van der Waals surface area contributed by atoms with Crippen molar-refractivity contribution in [2.24, 2.45) is 4.99 Å². The lowest BCUT2D eigenvalue weighted by Crippen LogP contribution is -2.37. The van der Waals surface area contributed by atoms with E-state index in [0.29, 0.717) is 16.7 Å². The Kier molecular flexibility index (Phi) is 5.68. The summed E-state index contributed by atoms with van der Waals surface area (Å²) in [5.41, 5.74) is 1.63. The maximum absolute atomic E-state index is 13.2. The van der Waals surface area contributed by atoms with Gasteiger partial charge in [0, 0.05) is 16.8 Å². The van der Waals surface area contributed by atoms with Crippen LogP contribution in [0.3, 0.4) is 0 Å². The molecule has 0 N–H and O–H groups in total. The molecule has 2 aromatic rings. The molecule has 0 aliphatic carbocycles. The number of carbonyl (C=O) groups excluding carboxylic acids is 1. The Morgan fingerprint density at radius 1 is 1.10 bits per heavy atom. The molecule has 2 aliphatic rings. The molecule has 0 radical (unpaired) electrons. The minimum Gasteiger partial charge on any atom is -0.342 e. The second kappa shape index (κ2) is 8.08. The van der Waals surface area contributed by atoms with Crippen molar-refractivity contribution in [2.45, 2.75) is 24.3 Å². The van der Waals surface area contributed by atoms with E-state index in [1.807, 2.05) is 4.90 Å². The summed E-state index contributed by atoms with van der Waals surface area (Å²) < 4.78 is 37.4. The molecule has 0 unspecified atom stereocenters. The molecular weight excluding hydrogens is 435 g/mol. The maximum atomic E-state index is 13.2. The summed E-state index contributed by atoms with van der Waals surface area (Å²) in [6.07, 6.45) is 0.138. The molecule has 5 nitrogen and oxygen atoms in total. The van der Waals surface area contributed by atoms with Crippen molar-refractivity contribution in [2.75, 3.05) is 11.5 Å². The molecule has 2 saturated heterocycles. The first-order valence-electron chi connectivity index (χ1n) is 9.03. The quantitative estimate of drug-likeness (QED) is 0.712. The Labute approximate surface area is 177 Å². The molecule has 2 fully saturated rings. The highest BCUT2D eigenvalue weighted by Crippen LogP contribution is 2.39.